The van der Waals surface area contributed by atoms with E-state index in [0.717, 1.165) is 27.3 Å². The Hall–Kier alpha value is -2.75. The lowest BCUT2D eigenvalue weighted by atomic mass is 10.0. The Labute approximate surface area is 154 Å². The lowest BCUT2D eigenvalue weighted by molar-refractivity contribution is -0.112. The van der Waals surface area contributed by atoms with Gasteiger partial charge in [-0.25, -0.2) is 4.98 Å². The molecule has 0 unspecified atom stereocenters. The summed E-state index contributed by atoms with van der Waals surface area (Å²) in [4.78, 5) is 17.7. The number of thiophene rings is 1. The monoisotopic (exact) mass is 365 g/mol. The molecule has 2 heterocycles. The molecule has 0 aliphatic rings. The molecule has 0 aliphatic heterocycles. The number of thiazole rings is 1. The lowest BCUT2D eigenvalue weighted by Crippen LogP contribution is -2.13. The van der Waals surface area contributed by atoms with Crippen LogP contribution in [0.25, 0.3) is 17.3 Å². The van der Waals surface area contributed by atoms with Gasteiger partial charge in [0.15, 0.2) is 5.13 Å². The van der Waals surface area contributed by atoms with Crippen molar-refractivity contribution in [2.24, 2.45) is 0 Å². The molecule has 124 valence electrons. The van der Waals surface area contributed by atoms with E-state index in [0.29, 0.717) is 5.13 Å². The minimum atomic E-state index is -0.447. The number of nitriles is 1. The molecule has 3 rings (SSSR count). The first-order valence-electron chi connectivity index (χ1n) is 7.56. The highest BCUT2D eigenvalue weighted by Crippen LogP contribution is 2.28. The number of hydrogen-bond acceptors (Lipinski definition) is 5. The van der Waals surface area contributed by atoms with E-state index < -0.39 is 5.91 Å². The van der Waals surface area contributed by atoms with Gasteiger partial charge in [-0.2, -0.15) is 5.26 Å². The molecule has 0 fully saturated rings. The van der Waals surface area contributed by atoms with Crippen LogP contribution in [0.2, 0.25) is 0 Å². The second-order valence-corrected chi connectivity index (χ2v) is 7.33. The molecular formula is C19H15N3OS2. The minimum Gasteiger partial charge on any atom is -0.297 e. The number of carbonyl (C=O) groups excluding carboxylic acids is 1. The summed E-state index contributed by atoms with van der Waals surface area (Å²) < 4.78 is 0. The Bertz CT molecular complexity index is 979. The van der Waals surface area contributed by atoms with Gasteiger partial charge < -0.3 is 0 Å². The first-order valence-corrected chi connectivity index (χ1v) is 9.32. The van der Waals surface area contributed by atoms with E-state index in [4.69, 9.17) is 0 Å². The van der Waals surface area contributed by atoms with E-state index in [1.807, 2.05) is 42.8 Å². The maximum Gasteiger partial charge on any atom is 0.268 e. The largest absolute Gasteiger partial charge is 0.297 e. The van der Waals surface area contributed by atoms with Gasteiger partial charge in [-0.1, -0.05) is 23.8 Å². The van der Waals surface area contributed by atoms with Gasteiger partial charge in [-0.3, -0.25) is 10.1 Å². The van der Waals surface area contributed by atoms with Gasteiger partial charge in [0.05, 0.1) is 5.69 Å². The van der Waals surface area contributed by atoms with Crippen molar-refractivity contribution in [3.05, 3.63) is 62.7 Å². The molecule has 1 N–H and O–H groups in total. The van der Waals surface area contributed by atoms with Crippen molar-refractivity contribution in [2.45, 2.75) is 13.8 Å². The Balaban J connectivity index is 1.80. The molecule has 4 nitrogen and oxygen atoms in total. The van der Waals surface area contributed by atoms with E-state index in [-0.39, 0.29) is 5.57 Å². The average Bonchev–Trinajstić information content (AvgIpc) is 3.26. The summed E-state index contributed by atoms with van der Waals surface area (Å²) in [6, 6.07) is 11.9. The van der Waals surface area contributed by atoms with Crippen LogP contribution in [0.3, 0.4) is 0 Å². The second-order valence-electron chi connectivity index (χ2n) is 5.50. The summed E-state index contributed by atoms with van der Waals surface area (Å²) in [6.45, 7) is 4.07. The molecule has 0 bridgehead atoms. The van der Waals surface area contributed by atoms with Crippen LogP contribution < -0.4 is 5.32 Å². The van der Waals surface area contributed by atoms with Crippen molar-refractivity contribution in [3.63, 3.8) is 0 Å². The van der Waals surface area contributed by atoms with E-state index in [2.05, 4.69) is 28.5 Å². The first kappa shape index (κ1) is 17.1. The molecule has 6 heteroatoms. The van der Waals surface area contributed by atoms with E-state index in [1.54, 1.807) is 6.08 Å². The molecular weight excluding hydrogens is 350 g/mol. The molecule has 3 aromatic rings. The van der Waals surface area contributed by atoms with Crippen molar-refractivity contribution in [2.75, 3.05) is 5.32 Å². The standard InChI is InChI=1S/C19H15N3OS2/c1-12-5-6-13(2)16(8-12)17-11-25-19(21-17)22-18(23)14(10-20)9-15-4-3-7-24-15/h3-9,11H,1-2H3,(H,21,22,23)/b14-9+. The molecule has 0 spiro atoms. The van der Waals surface area contributed by atoms with Crippen LogP contribution >= 0.6 is 22.7 Å². The third-order valence-electron chi connectivity index (χ3n) is 3.59. The number of nitrogens with zero attached hydrogens (tertiary/aromatic N) is 2. The van der Waals surface area contributed by atoms with E-state index >= 15 is 0 Å². The summed E-state index contributed by atoms with van der Waals surface area (Å²) in [5, 5.41) is 16.2. The van der Waals surface area contributed by atoms with Gasteiger partial charge in [0, 0.05) is 15.8 Å². The van der Waals surface area contributed by atoms with Crippen molar-refractivity contribution >= 4 is 39.8 Å². The molecule has 0 radical (unpaired) electrons. The first-order chi connectivity index (χ1) is 12.1. The number of aromatic nitrogens is 1. The van der Waals surface area contributed by atoms with Gasteiger partial charge in [-0.05, 0) is 43.0 Å². The Morgan fingerprint density at radius 2 is 2.12 bits per heavy atom. The maximum absolute atomic E-state index is 12.3. The smallest absolute Gasteiger partial charge is 0.268 e. The van der Waals surface area contributed by atoms with Crippen LogP contribution in [-0.2, 0) is 4.79 Å². The molecule has 0 saturated carbocycles. The number of anilines is 1. The number of benzene rings is 1. The Morgan fingerprint density at radius 3 is 2.84 bits per heavy atom. The highest BCUT2D eigenvalue weighted by molar-refractivity contribution is 7.14. The predicted octanol–water partition coefficient (Wildman–Crippen LogP) is 5.03. The second kappa shape index (κ2) is 7.43. The van der Waals surface area contributed by atoms with Crippen LogP contribution in [0.1, 0.15) is 16.0 Å². The van der Waals surface area contributed by atoms with Crippen molar-refractivity contribution in [3.8, 4) is 17.3 Å². The average molecular weight is 365 g/mol. The summed E-state index contributed by atoms with van der Waals surface area (Å²) in [5.74, 6) is -0.447. The van der Waals surface area contributed by atoms with E-state index in [1.165, 1.54) is 22.7 Å². The third kappa shape index (κ3) is 4.02. The molecule has 1 aromatic carbocycles. The van der Waals surface area contributed by atoms with E-state index in [9.17, 15) is 10.1 Å². The van der Waals surface area contributed by atoms with Gasteiger partial charge in [0.1, 0.15) is 11.6 Å². The number of amides is 1. The quantitative estimate of drug-likeness (QED) is 0.521. The van der Waals surface area contributed by atoms with Crippen LogP contribution in [-0.4, -0.2) is 10.9 Å². The molecule has 0 atom stereocenters. The predicted molar refractivity (Wildman–Crippen MR) is 104 cm³/mol. The molecule has 0 aliphatic carbocycles. The van der Waals surface area contributed by atoms with Gasteiger partial charge in [0.25, 0.3) is 5.91 Å². The number of nitrogens with one attached hydrogen (secondary N) is 1. The summed E-state index contributed by atoms with van der Waals surface area (Å²) in [7, 11) is 0. The zero-order chi connectivity index (χ0) is 17.8. The summed E-state index contributed by atoms with van der Waals surface area (Å²) in [5.41, 5.74) is 4.22. The van der Waals surface area contributed by atoms with Crippen LogP contribution in [0, 0.1) is 25.2 Å². The minimum absolute atomic E-state index is 0.0611. The fourth-order valence-electron chi connectivity index (χ4n) is 2.30. The Morgan fingerprint density at radius 1 is 1.28 bits per heavy atom. The topological polar surface area (TPSA) is 65.8 Å². The number of hydrogen-bond donors (Lipinski definition) is 1. The summed E-state index contributed by atoms with van der Waals surface area (Å²) in [6.07, 6.45) is 1.58. The highest BCUT2D eigenvalue weighted by atomic mass is 32.1. The molecule has 0 saturated heterocycles. The fraction of sp³-hybridized carbons (Fsp3) is 0.105. The highest BCUT2D eigenvalue weighted by Gasteiger charge is 2.13. The molecule has 2 aromatic heterocycles. The Kier molecular flexibility index (Phi) is 5.08. The zero-order valence-electron chi connectivity index (χ0n) is 13.7. The van der Waals surface area contributed by atoms with Gasteiger partial charge in [-0.15, -0.1) is 22.7 Å². The third-order valence-corrected chi connectivity index (χ3v) is 5.17. The fourth-order valence-corrected chi connectivity index (χ4v) is 3.66. The maximum atomic E-state index is 12.3. The van der Waals surface area contributed by atoms with Gasteiger partial charge in [0.2, 0.25) is 0 Å². The SMILES string of the molecule is Cc1ccc(C)c(-c2csc(NC(=O)/C(C#N)=C/c3cccs3)n2)c1. The molecule has 1 amide bonds. The van der Waals surface area contributed by atoms with Crippen LogP contribution in [0.15, 0.2) is 46.7 Å². The van der Waals surface area contributed by atoms with Crippen molar-refractivity contribution in [1.82, 2.24) is 4.98 Å². The van der Waals surface area contributed by atoms with Crippen LogP contribution in [0.4, 0.5) is 5.13 Å². The number of carbonyl (C=O) groups is 1. The van der Waals surface area contributed by atoms with Gasteiger partial charge >= 0.3 is 0 Å². The van der Waals surface area contributed by atoms with Crippen molar-refractivity contribution < 1.29 is 4.79 Å². The lowest BCUT2D eigenvalue weighted by Gasteiger charge is -2.04. The summed E-state index contributed by atoms with van der Waals surface area (Å²) >= 11 is 2.82. The zero-order valence-corrected chi connectivity index (χ0v) is 15.4. The van der Waals surface area contributed by atoms with Crippen molar-refractivity contribution in [1.29, 1.82) is 5.26 Å². The number of rotatable bonds is 4. The normalized spacial score (nSPS) is 11.2. The molecule has 25 heavy (non-hydrogen) atoms. The van der Waals surface area contributed by atoms with Crippen LogP contribution in [0.5, 0.6) is 0 Å². The number of aryl methyl sites for hydroxylation is 2.